The first-order chi connectivity index (χ1) is 10.6. The molecule has 0 aliphatic carbocycles. The first-order valence-electron chi connectivity index (χ1n) is 7.31. The monoisotopic (exact) mass is 314 g/mol. The van der Waals surface area contributed by atoms with E-state index in [1.165, 1.54) is 0 Å². The van der Waals surface area contributed by atoms with Gasteiger partial charge in [0, 0.05) is 28.7 Å². The summed E-state index contributed by atoms with van der Waals surface area (Å²) in [6, 6.07) is 15.5. The van der Waals surface area contributed by atoms with Gasteiger partial charge in [-0.3, -0.25) is 0 Å². The van der Waals surface area contributed by atoms with E-state index in [0.717, 1.165) is 22.0 Å². The van der Waals surface area contributed by atoms with Crippen molar-refractivity contribution >= 4 is 22.5 Å². The number of hydrogen-bond donors (Lipinski definition) is 2. The summed E-state index contributed by atoms with van der Waals surface area (Å²) in [6.45, 7) is 2.25. The van der Waals surface area contributed by atoms with Gasteiger partial charge < -0.3 is 15.4 Å². The zero-order valence-electron chi connectivity index (χ0n) is 12.4. The number of nitrogens with zero attached hydrogens (tertiary/aromatic N) is 1. The van der Waals surface area contributed by atoms with Crippen molar-refractivity contribution in [1.29, 1.82) is 0 Å². The molecule has 22 heavy (non-hydrogen) atoms. The van der Waals surface area contributed by atoms with Crippen LogP contribution in [-0.4, -0.2) is 22.3 Å². The summed E-state index contributed by atoms with van der Waals surface area (Å²) in [7, 11) is 0. The van der Waals surface area contributed by atoms with Gasteiger partial charge in [0.2, 0.25) is 0 Å². The number of hydrogen-bond acceptors (Lipinski definition) is 2. The molecule has 114 valence electrons. The highest BCUT2D eigenvalue weighted by Gasteiger charge is 2.23. The van der Waals surface area contributed by atoms with Gasteiger partial charge in [-0.15, -0.1) is 0 Å². The molecular weight excluding hydrogens is 296 g/mol. The Morgan fingerprint density at radius 2 is 1.91 bits per heavy atom. The van der Waals surface area contributed by atoms with Crippen LogP contribution in [0.5, 0.6) is 0 Å². The molecule has 3 nitrogen and oxygen atoms in total. The summed E-state index contributed by atoms with van der Waals surface area (Å²) in [4.78, 5) is 0. The first kappa shape index (κ1) is 15.1. The number of aromatic nitrogens is 1. The number of aliphatic hydroxyl groups is 1. The summed E-state index contributed by atoms with van der Waals surface area (Å²) < 4.78 is 2.09. The summed E-state index contributed by atoms with van der Waals surface area (Å²) in [5, 5.41) is 12.3. The number of halogens is 1. The Balaban J connectivity index is 2.21. The van der Waals surface area contributed by atoms with Gasteiger partial charge in [0.15, 0.2) is 0 Å². The predicted octanol–water partition coefficient (Wildman–Crippen LogP) is 3.51. The van der Waals surface area contributed by atoms with E-state index in [1.807, 2.05) is 55.5 Å². The molecule has 0 aliphatic heterocycles. The van der Waals surface area contributed by atoms with Gasteiger partial charge in [-0.05, 0) is 36.2 Å². The lowest BCUT2D eigenvalue weighted by Crippen LogP contribution is -2.31. The van der Waals surface area contributed by atoms with Gasteiger partial charge in [-0.25, -0.2) is 0 Å². The number of nitrogens with two attached hydrogens (primary N) is 1. The van der Waals surface area contributed by atoms with Crippen LogP contribution in [0.25, 0.3) is 10.9 Å². The maximum Gasteiger partial charge on any atom is 0.0910 e. The molecule has 0 saturated heterocycles. The maximum absolute atomic E-state index is 10.5. The van der Waals surface area contributed by atoms with Crippen LogP contribution in [0.1, 0.15) is 17.2 Å². The molecule has 0 spiro atoms. The zero-order valence-corrected chi connectivity index (χ0v) is 13.2. The number of aryl methyl sites for hydroxylation is 1. The van der Waals surface area contributed by atoms with E-state index in [9.17, 15) is 5.11 Å². The van der Waals surface area contributed by atoms with E-state index < -0.39 is 6.10 Å². The van der Waals surface area contributed by atoms with Gasteiger partial charge >= 0.3 is 0 Å². The molecule has 1 aromatic heterocycles. The summed E-state index contributed by atoms with van der Waals surface area (Å²) in [6.07, 6.45) is 1.39. The molecular formula is C18H19ClN2O. The van der Waals surface area contributed by atoms with Gasteiger partial charge in [-0.2, -0.15) is 0 Å². The van der Waals surface area contributed by atoms with E-state index in [-0.39, 0.29) is 12.6 Å². The van der Waals surface area contributed by atoms with Gasteiger partial charge in [-0.1, -0.05) is 41.9 Å². The second kappa shape index (κ2) is 6.13. The molecule has 2 unspecified atom stereocenters. The van der Waals surface area contributed by atoms with E-state index in [2.05, 4.69) is 10.8 Å². The van der Waals surface area contributed by atoms with Crippen LogP contribution in [0.4, 0.5) is 0 Å². The number of rotatable bonds is 4. The fraction of sp³-hybridized carbons (Fsp3) is 0.222. The minimum absolute atomic E-state index is 0.200. The van der Waals surface area contributed by atoms with Crippen molar-refractivity contribution in [2.24, 2.45) is 5.73 Å². The third-order valence-electron chi connectivity index (χ3n) is 4.04. The third kappa shape index (κ3) is 2.63. The lowest BCUT2D eigenvalue weighted by atomic mass is 10.0. The molecule has 0 radical (unpaired) electrons. The standard InChI is InChI=1S/C18H19ClN2O/c1-12-11-21(16-8-7-14(19)9-15(12)16)18(17(22)10-20)13-5-3-2-4-6-13/h2-9,11,17-18,22H,10,20H2,1H3. The molecule has 0 saturated carbocycles. The number of aliphatic hydroxyl groups excluding tert-OH is 1. The van der Waals surface area contributed by atoms with Crippen molar-refractivity contribution in [3.8, 4) is 0 Å². The van der Waals surface area contributed by atoms with Crippen LogP contribution in [0.15, 0.2) is 54.7 Å². The van der Waals surface area contributed by atoms with Crippen molar-refractivity contribution in [2.45, 2.75) is 19.1 Å². The van der Waals surface area contributed by atoms with Crippen molar-refractivity contribution in [3.05, 3.63) is 70.9 Å². The smallest absolute Gasteiger partial charge is 0.0910 e. The Hall–Kier alpha value is -1.81. The van der Waals surface area contributed by atoms with Gasteiger partial charge in [0.1, 0.15) is 0 Å². The Bertz CT molecular complexity index is 782. The highest BCUT2D eigenvalue weighted by atomic mass is 35.5. The average Bonchev–Trinajstić information content (AvgIpc) is 2.85. The highest BCUT2D eigenvalue weighted by molar-refractivity contribution is 6.31. The lowest BCUT2D eigenvalue weighted by Gasteiger charge is -2.25. The van der Waals surface area contributed by atoms with Crippen LogP contribution in [0, 0.1) is 6.92 Å². The van der Waals surface area contributed by atoms with E-state index in [0.29, 0.717) is 5.02 Å². The van der Waals surface area contributed by atoms with Crippen molar-refractivity contribution in [3.63, 3.8) is 0 Å². The second-order valence-corrected chi connectivity index (χ2v) is 5.98. The quantitative estimate of drug-likeness (QED) is 0.774. The van der Waals surface area contributed by atoms with Gasteiger partial charge in [0.25, 0.3) is 0 Å². The molecule has 3 rings (SSSR count). The SMILES string of the molecule is Cc1cn(C(c2ccccc2)C(O)CN)c2ccc(Cl)cc12. The molecule has 2 atom stereocenters. The fourth-order valence-corrected chi connectivity index (χ4v) is 3.15. The van der Waals surface area contributed by atoms with Crippen LogP contribution in [0.2, 0.25) is 5.02 Å². The minimum Gasteiger partial charge on any atom is -0.389 e. The number of benzene rings is 2. The zero-order chi connectivity index (χ0) is 15.7. The lowest BCUT2D eigenvalue weighted by molar-refractivity contribution is 0.140. The maximum atomic E-state index is 10.5. The van der Waals surface area contributed by atoms with E-state index in [1.54, 1.807) is 0 Å². The van der Waals surface area contributed by atoms with Gasteiger partial charge in [0.05, 0.1) is 12.1 Å². The Morgan fingerprint density at radius 1 is 1.18 bits per heavy atom. The summed E-state index contributed by atoms with van der Waals surface area (Å²) in [5.41, 5.74) is 8.94. The molecule has 1 heterocycles. The van der Waals surface area contributed by atoms with Crippen LogP contribution >= 0.6 is 11.6 Å². The van der Waals surface area contributed by atoms with Crippen molar-refractivity contribution in [1.82, 2.24) is 4.57 Å². The molecule has 2 aromatic carbocycles. The topological polar surface area (TPSA) is 51.2 Å². The summed E-state index contributed by atoms with van der Waals surface area (Å²) in [5.74, 6) is 0. The van der Waals surface area contributed by atoms with Crippen LogP contribution < -0.4 is 5.73 Å². The molecule has 0 amide bonds. The predicted molar refractivity (Wildman–Crippen MR) is 91.3 cm³/mol. The third-order valence-corrected chi connectivity index (χ3v) is 4.28. The first-order valence-corrected chi connectivity index (χ1v) is 7.69. The van der Waals surface area contributed by atoms with Crippen molar-refractivity contribution in [2.75, 3.05) is 6.54 Å². The molecule has 0 bridgehead atoms. The fourth-order valence-electron chi connectivity index (χ4n) is 2.97. The molecule has 0 fully saturated rings. The summed E-state index contributed by atoms with van der Waals surface area (Å²) >= 11 is 6.11. The largest absolute Gasteiger partial charge is 0.389 e. The normalized spacial score (nSPS) is 14.2. The average molecular weight is 315 g/mol. The van der Waals surface area contributed by atoms with Crippen molar-refractivity contribution < 1.29 is 5.11 Å². The molecule has 0 aliphatic rings. The van der Waals surface area contributed by atoms with E-state index in [4.69, 9.17) is 17.3 Å². The molecule has 4 heteroatoms. The minimum atomic E-state index is -0.659. The van der Waals surface area contributed by atoms with Crippen LogP contribution in [-0.2, 0) is 0 Å². The Labute approximate surface area is 134 Å². The Kier molecular flexibility index (Phi) is 4.21. The number of fused-ring (bicyclic) bond motifs is 1. The molecule has 3 N–H and O–H groups in total. The second-order valence-electron chi connectivity index (χ2n) is 5.54. The van der Waals surface area contributed by atoms with Crippen LogP contribution in [0.3, 0.4) is 0 Å². The highest BCUT2D eigenvalue weighted by Crippen LogP contribution is 2.31. The molecule has 3 aromatic rings. The van der Waals surface area contributed by atoms with E-state index >= 15 is 0 Å². The Morgan fingerprint density at radius 3 is 2.59 bits per heavy atom.